The quantitative estimate of drug-likeness (QED) is 0.0485. The lowest BCUT2D eigenvalue weighted by Gasteiger charge is -2.32. The molecule has 4 aromatic rings. The van der Waals surface area contributed by atoms with E-state index in [1.165, 1.54) is 0 Å². The molecule has 0 radical (unpaired) electrons. The molecule has 0 aliphatic rings. The summed E-state index contributed by atoms with van der Waals surface area (Å²) < 4.78 is 24.3. The number of phenolic OH excluding ortho intramolecular Hbond substituents is 4. The highest BCUT2D eigenvalue weighted by Crippen LogP contribution is 2.43. The smallest absolute Gasteiger partial charge is 0.306 e. The molecule has 0 aromatic heterocycles. The van der Waals surface area contributed by atoms with Crippen molar-refractivity contribution in [2.75, 3.05) is 26.4 Å². The molecular formula is C70H102O12. The van der Waals surface area contributed by atoms with E-state index < -0.39 is 88.2 Å². The summed E-state index contributed by atoms with van der Waals surface area (Å²) in [6.45, 7) is 42.4. The van der Waals surface area contributed by atoms with Crippen LogP contribution in [-0.2, 0) is 102 Å². The maximum Gasteiger partial charge on any atom is 0.306 e. The van der Waals surface area contributed by atoms with Gasteiger partial charge in [0.2, 0.25) is 0 Å². The first-order valence-corrected chi connectivity index (χ1v) is 29.3. The van der Waals surface area contributed by atoms with Gasteiger partial charge in [0.1, 0.15) is 54.8 Å². The molecule has 0 fully saturated rings. The van der Waals surface area contributed by atoms with Crippen LogP contribution in [0.4, 0.5) is 0 Å². The molecule has 4 aromatic carbocycles. The van der Waals surface area contributed by atoms with Crippen molar-refractivity contribution < 1.29 is 58.6 Å². The normalized spacial score (nSPS) is 13.0. The van der Waals surface area contributed by atoms with Crippen LogP contribution in [0, 0.1) is 12.3 Å². The van der Waals surface area contributed by atoms with Gasteiger partial charge in [0.25, 0.3) is 0 Å². The van der Waals surface area contributed by atoms with Crippen LogP contribution in [0.1, 0.15) is 238 Å². The average Bonchev–Trinajstić information content (AvgIpc) is 3.52. The van der Waals surface area contributed by atoms with Gasteiger partial charge in [0.05, 0.1) is 0 Å². The third-order valence-corrected chi connectivity index (χ3v) is 15.2. The number of ether oxygens (including phenoxy) is 4. The number of benzene rings is 4. The van der Waals surface area contributed by atoms with Crippen molar-refractivity contribution in [3.63, 3.8) is 0 Å². The molecule has 0 heterocycles. The SMILES string of the molecule is Cc1cc(CCC(=O)OCC(COC(=O)CCc2cc(C(C)(C)C)c(O)c(C(C)(C)C)c2)(COC(=O)CCc2cc(C(C)(C)C)c(O)c(C(C)(C)C)c2)COC(=O)CCc2cc(C(C)(C)C)c(O)c(C(C)(C)C)c2)cc(C(C)(C)C)c1O. The van der Waals surface area contributed by atoms with Crippen molar-refractivity contribution in [1.29, 1.82) is 0 Å². The summed E-state index contributed by atoms with van der Waals surface area (Å²) in [4.78, 5) is 56.0. The van der Waals surface area contributed by atoms with Crippen LogP contribution < -0.4 is 0 Å². The minimum Gasteiger partial charge on any atom is -0.507 e. The summed E-state index contributed by atoms with van der Waals surface area (Å²) in [5.41, 5.74) is 5.00. The number of hydrogen-bond acceptors (Lipinski definition) is 12. The summed E-state index contributed by atoms with van der Waals surface area (Å²) in [5, 5.41) is 45.1. The fraction of sp³-hybridized carbons (Fsp3) is 0.600. The molecule has 12 nitrogen and oxygen atoms in total. The Morgan fingerprint density at radius 3 is 0.659 bits per heavy atom. The second-order valence-corrected chi connectivity index (χ2v) is 30.3. The first kappa shape index (κ1) is 68.5. The van der Waals surface area contributed by atoms with E-state index in [1.807, 2.05) is 201 Å². The van der Waals surface area contributed by atoms with Crippen molar-refractivity contribution in [2.24, 2.45) is 5.41 Å². The summed E-state index contributed by atoms with van der Waals surface area (Å²) in [6, 6.07) is 15.2. The minimum atomic E-state index is -1.57. The summed E-state index contributed by atoms with van der Waals surface area (Å²) in [7, 11) is 0. The zero-order valence-electron chi connectivity index (χ0n) is 54.2. The minimum absolute atomic E-state index is 0.0531. The molecular weight excluding hydrogens is 1030 g/mol. The van der Waals surface area contributed by atoms with Gasteiger partial charge in [0, 0.05) is 25.7 Å². The van der Waals surface area contributed by atoms with Gasteiger partial charge in [0.15, 0.2) is 0 Å². The highest BCUT2D eigenvalue weighted by Gasteiger charge is 2.39. The summed E-state index contributed by atoms with van der Waals surface area (Å²) in [5.74, 6) is -1.51. The van der Waals surface area contributed by atoms with Gasteiger partial charge in [-0.15, -0.1) is 0 Å². The van der Waals surface area contributed by atoms with Crippen molar-refractivity contribution in [3.05, 3.63) is 115 Å². The third kappa shape index (κ3) is 19.0. The number of carbonyl (C=O) groups excluding carboxylic acids is 4. The topological polar surface area (TPSA) is 186 Å². The predicted octanol–water partition coefficient (Wildman–Crippen LogP) is 14.9. The van der Waals surface area contributed by atoms with E-state index in [2.05, 4.69) is 0 Å². The molecule has 0 aliphatic carbocycles. The summed E-state index contributed by atoms with van der Waals surface area (Å²) >= 11 is 0. The molecule has 0 saturated carbocycles. The second kappa shape index (κ2) is 25.8. The first-order valence-electron chi connectivity index (χ1n) is 29.3. The van der Waals surface area contributed by atoms with Gasteiger partial charge < -0.3 is 39.4 Å². The third-order valence-electron chi connectivity index (χ3n) is 15.2. The van der Waals surface area contributed by atoms with E-state index in [9.17, 15) is 39.6 Å². The molecule has 0 atom stereocenters. The molecule has 12 heteroatoms. The molecule has 0 saturated heterocycles. The van der Waals surface area contributed by atoms with Gasteiger partial charge in [-0.05, 0) is 137 Å². The first-order chi connectivity index (χ1) is 37.2. The summed E-state index contributed by atoms with van der Waals surface area (Å²) in [6.07, 6.45) is 0.891. The Hall–Kier alpha value is -6.04. The molecule has 0 spiro atoms. The lowest BCUT2D eigenvalue weighted by atomic mass is 9.78. The van der Waals surface area contributed by atoms with E-state index in [0.29, 0.717) is 5.56 Å². The molecule has 0 amide bonds. The largest absolute Gasteiger partial charge is 0.507 e. The molecule has 4 rings (SSSR count). The predicted molar refractivity (Wildman–Crippen MR) is 328 cm³/mol. The van der Waals surface area contributed by atoms with Crippen LogP contribution in [0.2, 0.25) is 0 Å². The monoisotopic (exact) mass is 1130 g/mol. The van der Waals surface area contributed by atoms with Crippen molar-refractivity contribution in [2.45, 2.75) is 242 Å². The van der Waals surface area contributed by atoms with Gasteiger partial charge in [-0.3, -0.25) is 19.2 Å². The van der Waals surface area contributed by atoms with Crippen molar-refractivity contribution in [1.82, 2.24) is 0 Å². The van der Waals surface area contributed by atoms with Crippen LogP contribution in [0.5, 0.6) is 23.0 Å². The van der Waals surface area contributed by atoms with Crippen LogP contribution in [0.15, 0.2) is 48.5 Å². The van der Waals surface area contributed by atoms with Gasteiger partial charge in [-0.25, -0.2) is 0 Å². The Bertz CT molecular complexity index is 2580. The maximum atomic E-state index is 14.0. The van der Waals surface area contributed by atoms with Gasteiger partial charge in [-0.2, -0.15) is 0 Å². The van der Waals surface area contributed by atoms with E-state index in [0.717, 1.165) is 61.2 Å². The Labute approximate surface area is 492 Å². The van der Waals surface area contributed by atoms with Crippen LogP contribution in [-0.4, -0.2) is 70.7 Å². The Balaban J connectivity index is 1.73. The van der Waals surface area contributed by atoms with Crippen LogP contribution in [0.25, 0.3) is 0 Å². The Morgan fingerprint density at radius 1 is 0.305 bits per heavy atom. The highest BCUT2D eigenvalue weighted by atomic mass is 16.6. The second-order valence-electron chi connectivity index (χ2n) is 30.3. The lowest BCUT2D eigenvalue weighted by molar-refractivity contribution is -0.170. The lowest BCUT2D eigenvalue weighted by Crippen LogP contribution is -2.44. The number of aryl methyl sites for hydroxylation is 5. The fourth-order valence-corrected chi connectivity index (χ4v) is 9.98. The van der Waals surface area contributed by atoms with Crippen molar-refractivity contribution in [3.8, 4) is 23.0 Å². The zero-order valence-corrected chi connectivity index (χ0v) is 54.2. The van der Waals surface area contributed by atoms with E-state index >= 15 is 0 Å². The molecule has 0 aliphatic heterocycles. The van der Waals surface area contributed by atoms with E-state index in [-0.39, 0.29) is 79.8 Å². The van der Waals surface area contributed by atoms with Crippen molar-refractivity contribution >= 4 is 23.9 Å². The highest BCUT2D eigenvalue weighted by molar-refractivity contribution is 5.72. The van der Waals surface area contributed by atoms with E-state index in [1.54, 1.807) is 0 Å². The van der Waals surface area contributed by atoms with Gasteiger partial charge >= 0.3 is 23.9 Å². The molecule has 0 bridgehead atoms. The van der Waals surface area contributed by atoms with Gasteiger partial charge in [-0.1, -0.05) is 194 Å². The molecule has 454 valence electrons. The van der Waals surface area contributed by atoms with Crippen LogP contribution >= 0.6 is 0 Å². The molecule has 82 heavy (non-hydrogen) atoms. The number of rotatable bonds is 20. The zero-order chi connectivity index (χ0) is 62.5. The molecule has 0 unspecified atom stereocenters. The number of esters is 4. The molecule has 4 N–H and O–H groups in total. The Morgan fingerprint density at radius 2 is 0.476 bits per heavy atom. The van der Waals surface area contributed by atoms with Crippen LogP contribution in [0.3, 0.4) is 0 Å². The number of aromatic hydroxyl groups is 4. The Kier molecular flexibility index (Phi) is 21.6. The maximum absolute atomic E-state index is 14.0. The number of carbonyl (C=O) groups is 4. The van der Waals surface area contributed by atoms with E-state index in [4.69, 9.17) is 18.9 Å². The number of phenols is 4. The average molecular weight is 1140 g/mol. The number of hydrogen-bond donors (Lipinski definition) is 4. The standard InChI is InChI=1S/C70H102O12/c1-43-31-44(32-48(59(43)75)63(2,3)4)23-27-55(71)79-39-70(40-80-56(72)28-24-45-33-49(64(5,6)7)60(76)50(34-45)65(8,9)10,41-81-57(73)29-25-46-35-51(66(11,12)13)61(77)52(36-46)67(14,15)16)42-82-58(74)30-26-47-37-53(68(17,18)19)62(78)54(38-47)69(20,21)22/h31-38,75-78H,23-30,39-42H2,1-22H3. The fourth-order valence-electron chi connectivity index (χ4n) is 9.98.